The minimum absolute atomic E-state index is 0.127. The Balaban J connectivity index is 2.77. The lowest BCUT2D eigenvalue weighted by molar-refractivity contribution is -0.384. The normalized spacial score (nSPS) is 14.6. The Hall–Kier alpha value is -2.87. The van der Waals surface area contributed by atoms with Gasteiger partial charge in [0.1, 0.15) is 5.02 Å². The minimum atomic E-state index is -0.966. The highest BCUT2D eigenvalue weighted by Crippen LogP contribution is 2.44. The highest BCUT2D eigenvalue weighted by atomic mass is 35.5. The van der Waals surface area contributed by atoms with E-state index in [1.54, 1.807) is 33.8 Å². The molecule has 1 aliphatic heterocycles. The van der Waals surface area contributed by atoms with Gasteiger partial charge in [0.25, 0.3) is 5.69 Å². The second-order valence-electron chi connectivity index (χ2n) is 6.01. The molecule has 0 amide bonds. The molecule has 0 saturated carbocycles. The smallest absolute Gasteiger partial charge is 0.336 e. The highest BCUT2D eigenvalue weighted by molar-refractivity contribution is 6.33. The number of nitro groups is 1. The molecule has 0 spiro atoms. The van der Waals surface area contributed by atoms with Crippen molar-refractivity contribution in [1.29, 1.82) is 0 Å². The standard InChI is InChI=1S/C19H21ClN2O6/c1-5-27-18(23)14-10(3)21-11(4)15(19(24)28-6-2)16(14)12-8-7-9-13(17(12)20)22(25)26/h7-9,16,21H,5-6H2,1-4H3. The fourth-order valence-electron chi connectivity index (χ4n) is 3.16. The number of rotatable bonds is 6. The number of hydrogen-bond acceptors (Lipinski definition) is 7. The summed E-state index contributed by atoms with van der Waals surface area (Å²) in [4.78, 5) is 36.1. The van der Waals surface area contributed by atoms with Gasteiger partial charge < -0.3 is 14.8 Å². The van der Waals surface area contributed by atoms with E-state index in [4.69, 9.17) is 21.1 Å². The van der Waals surface area contributed by atoms with Crippen LogP contribution in [0.4, 0.5) is 5.69 Å². The van der Waals surface area contributed by atoms with E-state index >= 15 is 0 Å². The number of esters is 2. The zero-order valence-electron chi connectivity index (χ0n) is 16.0. The average Bonchev–Trinajstić information content (AvgIpc) is 2.61. The summed E-state index contributed by atoms with van der Waals surface area (Å²) in [6, 6.07) is 4.26. The van der Waals surface area contributed by atoms with Crippen LogP contribution in [0.15, 0.2) is 40.7 Å². The first-order valence-corrected chi connectivity index (χ1v) is 9.07. The number of hydrogen-bond donors (Lipinski definition) is 1. The van der Waals surface area contributed by atoms with Crippen molar-refractivity contribution in [2.75, 3.05) is 13.2 Å². The van der Waals surface area contributed by atoms with E-state index in [2.05, 4.69) is 5.32 Å². The van der Waals surface area contributed by atoms with Gasteiger partial charge in [-0.1, -0.05) is 23.7 Å². The molecule has 1 aromatic rings. The molecule has 0 saturated heterocycles. The number of carbonyl (C=O) groups is 2. The molecule has 0 radical (unpaired) electrons. The summed E-state index contributed by atoms with van der Waals surface area (Å²) >= 11 is 6.32. The topological polar surface area (TPSA) is 108 Å². The molecule has 28 heavy (non-hydrogen) atoms. The van der Waals surface area contributed by atoms with E-state index in [0.29, 0.717) is 11.4 Å². The third-order valence-corrected chi connectivity index (χ3v) is 4.68. The van der Waals surface area contributed by atoms with Crippen LogP contribution >= 0.6 is 11.6 Å². The largest absolute Gasteiger partial charge is 0.463 e. The summed E-state index contributed by atoms with van der Waals surface area (Å²) in [6.45, 7) is 6.90. The van der Waals surface area contributed by atoms with Crippen LogP contribution in [0.5, 0.6) is 0 Å². The Morgan fingerprint density at radius 1 is 1.11 bits per heavy atom. The molecule has 1 aliphatic rings. The van der Waals surface area contributed by atoms with Crippen LogP contribution in [-0.2, 0) is 19.1 Å². The fraction of sp³-hybridized carbons (Fsp3) is 0.368. The molecule has 0 bridgehead atoms. The van der Waals surface area contributed by atoms with Gasteiger partial charge in [0, 0.05) is 17.5 Å². The van der Waals surface area contributed by atoms with Gasteiger partial charge in [-0.05, 0) is 33.3 Å². The monoisotopic (exact) mass is 408 g/mol. The average molecular weight is 409 g/mol. The number of benzene rings is 1. The SMILES string of the molecule is CCOC(=O)C1=C(C)NC(C)=C(C(=O)OCC)C1c1cccc([N+](=O)[O-])c1Cl. The zero-order valence-corrected chi connectivity index (χ0v) is 16.8. The quantitative estimate of drug-likeness (QED) is 0.435. The number of dihydropyridines is 1. The van der Waals surface area contributed by atoms with Crippen molar-refractivity contribution in [1.82, 2.24) is 5.32 Å². The number of allylic oxidation sites excluding steroid dienone is 2. The van der Waals surface area contributed by atoms with Crippen LogP contribution in [0, 0.1) is 10.1 Å². The zero-order chi connectivity index (χ0) is 21.0. The molecule has 2 rings (SSSR count). The van der Waals surface area contributed by atoms with Crippen LogP contribution in [0.1, 0.15) is 39.2 Å². The van der Waals surface area contributed by atoms with E-state index in [0.717, 1.165) is 0 Å². The Bertz CT molecular complexity index is 850. The molecule has 0 fully saturated rings. The van der Waals surface area contributed by atoms with Gasteiger partial charge in [-0.15, -0.1) is 0 Å². The molecule has 1 N–H and O–H groups in total. The molecule has 0 unspecified atom stereocenters. The van der Waals surface area contributed by atoms with Gasteiger partial charge in [0.05, 0.1) is 35.2 Å². The lowest BCUT2D eigenvalue weighted by Gasteiger charge is -2.30. The van der Waals surface area contributed by atoms with Crippen molar-refractivity contribution >= 4 is 29.2 Å². The molecule has 0 aromatic heterocycles. The molecular weight excluding hydrogens is 388 g/mol. The maximum Gasteiger partial charge on any atom is 0.336 e. The number of ether oxygens (including phenoxy) is 2. The Labute approximate surface area is 167 Å². The molecular formula is C19H21ClN2O6. The summed E-state index contributed by atoms with van der Waals surface area (Å²) in [5.41, 5.74) is 1.17. The first-order chi connectivity index (χ1) is 13.2. The number of nitrogens with one attached hydrogen (secondary N) is 1. The van der Waals surface area contributed by atoms with E-state index in [-0.39, 0.29) is 40.6 Å². The summed E-state index contributed by atoms with van der Waals surface area (Å²) in [5, 5.41) is 14.2. The lowest BCUT2D eigenvalue weighted by atomic mass is 9.80. The van der Waals surface area contributed by atoms with E-state index < -0.39 is 22.8 Å². The van der Waals surface area contributed by atoms with Gasteiger partial charge in [-0.25, -0.2) is 9.59 Å². The molecule has 1 heterocycles. The van der Waals surface area contributed by atoms with Crippen LogP contribution in [-0.4, -0.2) is 30.1 Å². The van der Waals surface area contributed by atoms with Crippen molar-refractivity contribution in [3.05, 3.63) is 61.4 Å². The van der Waals surface area contributed by atoms with Gasteiger partial charge in [0.15, 0.2) is 0 Å². The van der Waals surface area contributed by atoms with Crippen molar-refractivity contribution in [3.8, 4) is 0 Å². The van der Waals surface area contributed by atoms with Crippen molar-refractivity contribution in [2.45, 2.75) is 33.6 Å². The van der Waals surface area contributed by atoms with Crippen molar-refractivity contribution < 1.29 is 24.0 Å². The predicted octanol–water partition coefficient (Wildman–Crippen LogP) is 3.61. The first-order valence-electron chi connectivity index (χ1n) is 8.70. The summed E-state index contributed by atoms with van der Waals surface area (Å²) in [5.74, 6) is -2.25. The van der Waals surface area contributed by atoms with Crippen LogP contribution < -0.4 is 5.32 Å². The molecule has 150 valence electrons. The second kappa shape index (κ2) is 8.88. The Morgan fingerprint density at radius 2 is 1.61 bits per heavy atom. The second-order valence-corrected chi connectivity index (χ2v) is 6.39. The molecule has 1 aromatic carbocycles. The number of halogens is 1. The van der Waals surface area contributed by atoms with Gasteiger partial charge in [-0.2, -0.15) is 0 Å². The molecule has 0 aliphatic carbocycles. The third-order valence-electron chi connectivity index (χ3n) is 4.27. The molecule has 0 atom stereocenters. The molecule has 8 nitrogen and oxygen atoms in total. The lowest BCUT2D eigenvalue weighted by Crippen LogP contribution is -2.32. The van der Waals surface area contributed by atoms with Crippen LogP contribution in [0.2, 0.25) is 5.02 Å². The first kappa shape index (κ1) is 21.4. The number of carbonyl (C=O) groups excluding carboxylic acids is 2. The van der Waals surface area contributed by atoms with E-state index in [1.165, 1.54) is 12.1 Å². The van der Waals surface area contributed by atoms with Crippen LogP contribution in [0.3, 0.4) is 0 Å². The summed E-state index contributed by atoms with van der Waals surface area (Å²) in [7, 11) is 0. The van der Waals surface area contributed by atoms with Gasteiger partial charge in [0.2, 0.25) is 0 Å². The maximum atomic E-state index is 12.7. The number of nitrogens with zero attached hydrogens (tertiary/aromatic N) is 1. The van der Waals surface area contributed by atoms with Gasteiger partial charge >= 0.3 is 11.9 Å². The maximum absolute atomic E-state index is 12.7. The Morgan fingerprint density at radius 3 is 2.04 bits per heavy atom. The molecule has 9 heteroatoms. The third kappa shape index (κ3) is 4.01. The van der Waals surface area contributed by atoms with Crippen molar-refractivity contribution in [3.63, 3.8) is 0 Å². The van der Waals surface area contributed by atoms with Crippen molar-refractivity contribution in [2.24, 2.45) is 0 Å². The number of nitro benzene ring substituents is 1. The minimum Gasteiger partial charge on any atom is -0.463 e. The van der Waals surface area contributed by atoms with E-state index in [9.17, 15) is 19.7 Å². The van der Waals surface area contributed by atoms with E-state index in [1.807, 2.05) is 0 Å². The highest BCUT2D eigenvalue weighted by Gasteiger charge is 2.39. The Kier molecular flexibility index (Phi) is 6.80. The van der Waals surface area contributed by atoms with Gasteiger partial charge in [-0.3, -0.25) is 10.1 Å². The summed E-state index contributed by atoms with van der Waals surface area (Å²) < 4.78 is 10.3. The predicted molar refractivity (Wildman–Crippen MR) is 103 cm³/mol. The fourth-order valence-corrected chi connectivity index (χ4v) is 3.47. The summed E-state index contributed by atoms with van der Waals surface area (Å²) in [6.07, 6.45) is 0. The van der Waals surface area contributed by atoms with Crippen LogP contribution in [0.25, 0.3) is 0 Å².